The fourth-order valence-corrected chi connectivity index (χ4v) is 3.14. The average molecular weight is 350 g/mol. The lowest BCUT2D eigenvalue weighted by Gasteiger charge is -2.30. The molecule has 0 radical (unpaired) electrons. The van der Waals surface area contributed by atoms with E-state index in [9.17, 15) is 20.1 Å². The van der Waals surface area contributed by atoms with Crippen LogP contribution in [0.15, 0.2) is 36.0 Å². The Morgan fingerprint density at radius 3 is 2.44 bits per heavy atom. The van der Waals surface area contributed by atoms with Crippen molar-refractivity contribution in [2.24, 2.45) is 5.92 Å². The number of ether oxygens (including phenoxy) is 1. The summed E-state index contributed by atoms with van der Waals surface area (Å²) < 4.78 is 5.33. The van der Waals surface area contributed by atoms with Gasteiger partial charge < -0.3 is 20.1 Å². The fourth-order valence-electron chi connectivity index (χ4n) is 3.14. The first-order valence-electron chi connectivity index (χ1n) is 8.89. The van der Waals surface area contributed by atoms with Gasteiger partial charge in [-0.05, 0) is 45.1 Å². The number of hydrogen-bond donors (Lipinski definition) is 3. The highest BCUT2D eigenvalue weighted by molar-refractivity contribution is 5.90. The molecule has 0 saturated carbocycles. The van der Waals surface area contributed by atoms with Crippen LogP contribution in [0, 0.1) is 5.92 Å². The van der Waals surface area contributed by atoms with E-state index < -0.39 is 22.9 Å². The van der Waals surface area contributed by atoms with Crippen molar-refractivity contribution in [3.8, 4) is 0 Å². The van der Waals surface area contributed by atoms with Crippen molar-refractivity contribution in [1.82, 2.24) is 0 Å². The van der Waals surface area contributed by atoms with Crippen LogP contribution < -0.4 is 0 Å². The Bertz CT molecular complexity index is 597. The lowest BCUT2D eigenvalue weighted by atomic mass is 9.82. The highest BCUT2D eigenvalue weighted by Crippen LogP contribution is 2.32. The van der Waals surface area contributed by atoms with Crippen LogP contribution in [-0.2, 0) is 9.53 Å². The molecule has 1 aliphatic heterocycles. The van der Waals surface area contributed by atoms with Crippen molar-refractivity contribution < 1.29 is 24.9 Å². The van der Waals surface area contributed by atoms with E-state index in [-0.39, 0.29) is 18.3 Å². The molecule has 0 spiro atoms. The van der Waals surface area contributed by atoms with Gasteiger partial charge in [0, 0.05) is 12.0 Å². The second kappa shape index (κ2) is 7.06. The van der Waals surface area contributed by atoms with Crippen LogP contribution in [0.3, 0.4) is 0 Å². The number of hydrogen-bond acceptors (Lipinski definition) is 5. The van der Waals surface area contributed by atoms with E-state index in [1.807, 2.05) is 13.8 Å². The van der Waals surface area contributed by atoms with E-state index >= 15 is 0 Å². The fraction of sp³-hybridized carbons (Fsp3) is 0.650. The maximum Gasteiger partial charge on any atom is 0.334 e. The molecule has 5 nitrogen and oxygen atoms in total. The van der Waals surface area contributed by atoms with E-state index in [0.29, 0.717) is 24.8 Å². The second-order valence-corrected chi connectivity index (χ2v) is 8.14. The van der Waals surface area contributed by atoms with Gasteiger partial charge in [-0.3, -0.25) is 0 Å². The number of fused-ring (bicyclic) bond motifs is 1. The van der Waals surface area contributed by atoms with E-state index in [1.165, 1.54) is 0 Å². The molecule has 25 heavy (non-hydrogen) atoms. The van der Waals surface area contributed by atoms with Gasteiger partial charge in [0.1, 0.15) is 6.10 Å². The third-order valence-corrected chi connectivity index (χ3v) is 5.06. The number of carbonyl (C=O) groups excluding carboxylic acids is 1. The predicted molar refractivity (Wildman–Crippen MR) is 95.7 cm³/mol. The van der Waals surface area contributed by atoms with Gasteiger partial charge >= 0.3 is 5.97 Å². The molecule has 3 N–H and O–H groups in total. The molecule has 1 heterocycles. The Morgan fingerprint density at radius 2 is 1.80 bits per heavy atom. The minimum atomic E-state index is -1.14. The summed E-state index contributed by atoms with van der Waals surface area (Å²) in [7, 11) is 0. The highest BCUT2D eigenvalue weighted by atomic mass is 16.5. The Hall–Kier alpha value is -1.43. The van der Waals surface area contributed by atoms with Gasteiger partial charge in [-0.2, -0.15) is 0 Å². The summed E-state index contributed by atoms with van der Waals surface area (Å²) >= 11 is 0. The van der Waals surface area contributed by atoms with E-state index in [0.717, 1.165) is 0 Å². The van der Waals surface area contributed by atoms with Crippen LogP contribution in [-0.4, -0.2) is 44.2 Å². The number of aliphatic hydroxyl groups is 3. The van der Waals surface area contributed by atoms with Crippen LogP contribution in [0.5, 0.6) is 0 Å². The number of rotatable bonds is 1. The molecule has 2 aliphatic rings. The maximum atomic E-state index is 12.1. The summed E-state index contributed by atoms with van der Waals surface area (Å²) in [5.41, 5.74) is -2.87. The normalized spacial score (nSPS) is 42.5. The van der Waals surface area contributed by atoms with Gasteiger partial charge in [0.25, 0.3) is 0 Å². The Morgan fingerprint density at radius 1 is 1.12 bits per heavy atom. The van der Waals surface area contributed by atoms with Crippen LogP contribution in [0.4, 0.5) is 0 Å². The first-order valence-corrected chi connectivity index (χ1v) is 8.89. The number of carbonyl (C=O) groups is 1. The smallest absolute Gasteiger partial charge is 0.334 e. The van der Waals surface area contributed by atoms with Crippen molar-refractivity contribution in [2.45, 2.75) is 76.3 Å². The molecule has 0 aromatic carbocycles. The molecule has 140 valence electrons. The molecule has 0 amide bonds. The van der Waals surface area contributed by atoms with Gasteiger partial charge in [0.05, 0.1) is 16.8 Å². The molecule has 0 aromatic rings. The molecule has 1 aliphatic carbocycles. The highest BCUT2D eigenvalue weighted by Gasteiger charge is 2.34. The van der Waals surface area contributed by atoms with E-state index in [4.69, 9.17) is 4.74 Å². The molecular weight excluding hydrogens is 320 g/mol. The van der Waals surface area contributed by atoms with E-state index in [1.54, 1.807) is 44.2 Å². The lowest BCUT2D eigenvalue weighted by Crippen LogP contribution is -2.34. The molecular formula is C20H30O5. The zero-order valence-corrected chi connectivity index (χ0v) is 15.5. The Balaban J connectivity index is 2.35. The third kappa shape index (κ3) is 5.27. The van der Waals surface area contributed by atoms with Crippen LogP contribution >= 0.6 is 0 Å². The lowest BCUT2D eigenvalue weighted by molar-refractivity contribution is -0.141. The largest absolute Gasteiger partial charge is 0.455 e. The summed E-state index contributed by atoms with van der Waals surface area (Å²) in [5, 5.41) is 31.9. The molecule has 2 rings (SSSR count). The van der Waals surface area contributed by atoms with Gasteiger partial charge in [0.2, 0.25) is 0 Å². The Labute approximate surface area is 149 Å². The monoisotopic (exact) mass is 350 g/mol. The first kappa shape index (κ1) is 19.9. The summed E-state index contributed by atoms with van der Waals surface area (Å²) in [6, 6.07) is 0. The zero-order chi connectivity index (χ0) is 18.9. The topological polar surface area (TPSA) is 87.0 Å². The molecule has 0 unspecified atom stereocenters. The third-order valence-electron chi connectivity index (χ3n) is 5.06. The van der Waals surface area contributed by atoms with Crippen molar-refractivity contribution >= 4 is 5.97 Å². The summed E-state index contributed by atoms with van der Waals surface area (Å²) in [4.78, 5) is 12.1. The summed E-state index contributed by atoms with van der Waals surface area (Å²) in [6.07, 6.45) is 9.14. The maximum absolute atomic E-state index is 12.1. The van der Waals surface area contributed by atoms with Crippen molar-refractivity contribution in [3.05, 3.63) is 36.0 Å². The van der Waals surface area contributed by atoms with Crippen LogP contribution in [0.25, 0.3) is 0 Å². The number of esters is 1. The van der Waals surface area contributed by atoms with Gasteiger partial charge in [-0.15, -0.1) is 0 Å². The van der Waals surface area contributed by atoms with Crippen LogP contribution in [0.1, 0.15) is 53.4 Å². The minimum absolute atomic E-state index is 0.0717. The van der Waals surface area contributed by atoms with Crippen molar-refractivity contribution in [3.63, 3.8) is 0 Å². The van der Waals surface area contributed by atoms with Crippen molar-refractivity contribution in [2.75, 3.05) is 0 Å². The summed E-state index contributed by atoms with van der Waals surface area (Å²) in [6.45, 7) is 7.12. The second-order valence-electron chi connectivity index (χ2n) is 8.14. The molecule has 0 saturated heterocycles. The first-order chi connectivity index (χ1) is 11.4. The average Bonchev–Trinajstić information content (AvgIpc) is 2.80. The molecule has 0 fully saturated rings. The van der Waals surface area contributed by atoms with Gasteiger partial charge in [-0.25, -0.2) is 4.79 Å². The molecule has 0 aromatic heterocycles. The SMILES string of the molecule is CC(C)[C@]1(O)/C=C/[C@](C)(O)C/C=C/[C@@](C)(O)C[C@@H]2C=C(CC1)C(=O)O2. The van der Waals surface area contributed by atoms with Crippen LogP contribution in [0.2, 0.25) is 0 Å². The van der Waals surface area contributed by atoms with Gasteiger partial charge in [0.15, 0.2) is 0 Å². The standard InChI is InChI=1S/C20H30O5/c1-14(2)20(24)9-6-15-12-16(25-17(15)21)13-19(4,23)8-5-7-18(3,22)10-11-20/h5,8,10-12,14,16,22-24H,6-7,9,13H2,1-4H3/b8-5+,11-10+/t16-,18+,19+,20+/m0/s1. The van der Waals surface area contributed by atoms with Gasteiger partial charge in [-0.1, -0.05) is 38.2 Å². The van der Waals surface area contributed by atoms with E-state index in [2.05, 4.69) is 0 Å². The quantitative estimate of drug-likeness (QED) is 0.499. The molecule has 2 bridgehead atoms. The van der Waals surface area contributed by atoms with Crippen molar-refractivity contribution in [1.29, 1.82) is 0 Å². The zero-order valence-electron chi connectivity index (χ0n) is 15.5. The summed E-state index contributed by atoms with van der Waals surface area (Å²) in [5.74, 6) is -0.459. The Kier molecular flexibility index (Phi) is 5.62. The minimum Gasteiger partial charge on any atom is -0.455 e. The molecule has 5 heteroatoms. The predicted octanol–water partition coefficient (Wildman–Crippen LogP) is 2.41. The molecule has 4 atom stereocenters.